The number of rotatable bonds is 10. The van der Waals surface area contributed by atoms with Crippen LogP contribution in [0.3, 0.4) is 0 Å². The Hall–Kier alpha value is -0.790. The van der Waals surface area contributed by atoms with E-state index in [0.717, 1.165) is 6.42 Å². The smallest absolute Gasteiger partial charge is 0.333 e. The van der Waals surface area contributed by atoms with Crippen molar-refractivity contribution in [2.45, 2.75) is 79.6 Å². The van der Waals surface area contributed by atoms with Crippen LogP contribution in [0, 0.1) is 11.3 Å². The molecule has 0 aromatic carbocycles. The third kappa shape index (κ3) is 9.17. The number of hydrogen-bond donors (Lipinski definition) is 0. The van der Waals surface area contributed by atoms with Gasteiger partial charge in [0.15, 0.2) is 0 Å². The van der Waals surface area contributed by atoms with Gasteiger partial charge < -0.3 is 4.74 Å². The average Bonchev–Trinajstić information content (AvgIpc) is 2.34. The zero-order valence-electron chi connectivity index (χ0n) is 14.3. The predicted octanol–water partition coefficient (Wildman–Crippen LogP) is 5.52. The zero-order chi connectivity index (χ0) is 15.6. The van der Waals surface area contributed by atoms with Gasteiger partial charge in [-0.1, -0.05) is 72.8 Å². The normalized spacial score (nSPS) is 13.1. The predicted molar refractivity (Wildman–Crippen MR) is 86.7 cm³/mol. The van der Waals surface area contributed by atoms with Crippen LogP contribution >= 0.6 is 0 Å². The minimum atomic E-state index is -0.262. The third-order valence-corrected chi connectivity index (χ3v) is 3.89. The molecule has 0 aliphatic carbocycles. The Balaban J connectivity index is 4.05. The number of hydrogen-bond acceptors (Lipinski definition) is 2. The summed E-state index contributed by atoms with van der Waals surface area (Å²) in [6, 6.07) is 0. The van der Waals surface area contributed by atoms with Crippen molar-refractivity contribution in [3.8, 4) is 0 Å². The van der Waals surface area contributed by atoms with Gasteiger partial charge in [-0.2, -0.15) is 0 Å². The molecule has 2 heteroatoms. The molecule has 0 fully saturated rings. The van der Waals surface area contributed by atoms with E-state index in [1.54, 1.807) is 6.92 Å². The van der Waals surface area contributed by atoms with E-state index in [-0.39, 0.29) is 11.4 Å². The van der Waals surface area contributed by atoms with E-state index < -0.39 is 0 Å². The molecular weight excluding hydrogens is 248 g/mol. The standard InChI is InChI=1S/C18H34O2/c1-7-8-9-10-11-12-13-16(18(4,5)6)14-20-17(19)15(2)3/h16H,2,7-14H2,1,3-6H3. The Labute approximate surface area is 126 Å². The van der Waals surface area contributed by atoms with Crippen LogP contribution in [0.15, 0.2) is 12.2 Å². The molecule has 118 valence electrons. The fourth-order valence-corrected chi connectivity index (χ4v) is 2.24. The van der Waals surface area contributed by atoms with Crippen LogP contribution in [0.1, 0.15) is 79.6 Å². The van der Waals surface area contributed by atoms with Crippen LogP contribution in [0.2, 0.25) is 0 Å². The summed E-state index contributed by atoms with van der Waals surface area (Å²) in [4.78, 5) is 11.5. The van der Waals surface area contributed by atoms with Crippen molar-refractivity contribution in [1.29, 1.82) is 0 Å². The highest BCUT2D eigenvalue weighted by Gasteiger charge is 2.25. The van der Waals surface area contributed by atoms with E-state index in [1.807, 2.05) is 0 Å². The van der Waals surface area contributed by atoms with Crippen LogP contribution in [0.25, 0.3) is 0 Å². The van der Waals surface area contributed by atoms with Crippen molar-refractivity contribution in [3.05, 3.63) is 12.2 Å². The molecule has 0 saturated heterocycles. The van der Waals surface area contributed by atoms with Crippen LogP contribution < -0.4 is 0 Å². The fourth-order valence-electron chi connectivity index (χ4n) is 2.24. The van der Waals surface area contributed by atoms with Gasteiger partial charge in [-0.05, 0) is 24.7 Å². The van der Waals surface area contributed by atoms with Gasteiger partial charge >= 0.3 is 5.97 Å². The van der Waals surface area contributed by atoms with E-state index in [2.05, 4.69) is 34.3 Å². The Bertz CT molecular complexity index is 286. The molecule has 1 unspecified atom stereocenters. The molecule has 0 rings (SSSR count). The summed E-state index contributed by atoms with van der Waals surface area (Å²) in [5.41, 5.74) is 0.663. The molecule has 2 nitrogen and oxygen atoms in total. The van der Waals surface area contributed by atoms with E-state index in [4.69, 9.17) is 4.74 Å². The lowest BCUT2D eigenvalue weighted by atomic mass is 9.78. The molecule has 0 aliphatic heterocycles. The van der Waals surface area contributed by atoms with Crippen LogP contribution in [0.4, 0.5) is 0 Å². The van der Waals surface area contributed by atoms with Crippen molar-refractivity contribution >= 4 is 5.97 Å². The van der Waals surface area contributed by atoms with Crippen molar-refractivity contribution in [2.24, 2.45) is 11.3 Å². The molecular formula is C18H34O2. The van der Waals surface area contributed by atoms with Crippen molar-refractivity contribution in [3.63, 3.8) is 0 Å². The molecule has 0 aromatic rings. The molecule has 0 amide bonds. The number of carbonyl (C=O) groups is 1. The first-order valence-electron chi connectivity index (χ1n) is 8.11. The summed E-state index contributed by atoms with van der Waals surface area (Å²) in [6.45, 7) is 14.8. The molecule has 0 heterocycles. The van der Waals surface area contributed by atoms with Gasteiger partial charge in [-0.15, -0.1) is 0 Å². The second-order valence-electron chi connectivity index (χ2n) is 7.00. The third-order valence-electron chi connectivity index (χ3n) is 3.89. The maximum absolute atomic E-state index is 11.5. The highest BCUT2D eigenvalue weighted by atomic mass is 16.5. The second-order valence-corrected chi connectivity index (χ2v) is 7.00. The lowest BCUT2D eigenvalue weighted by Gasteiger charge is -2.30. The SMILES string of the molecule is C=C(C)C(=O)OCC(CCCCCCCC)C(C)(C)C. The summed E-state index contributed by atoms with van der Waals surface area (Å²) in [5, 5.41) is 0. The van der Waals surface area contributed by atoms with E-state index in [9.17, 15) is 4.79 Å². The highest BCUT2D eigenvalue weighted by Crippen LogP contribution is 2.31. The van der Waals surface area contributed by atoms with Crippen LogP contribution in [0.5, 0.6) is 0 Å². The zero-order valence-corrected chi connectivity index (χ0v) is 14.3. The van der Waals surface area contributed by atoms with Gasteiger partial charge in [0.05, 0.1) is 6.61 Å². The molecule has 0 saturated carbocycles. The molecule has 0 aliphatic rings. The van der Waals surface area contributed by atoms with E-state index >= 15 is 0 Å². The first-order valence-corrected chi connectivity index (χ1v) is 8.11. The second kappa shape index (κ2) is 10.0. The Morgan fingerprint density at radius 2 is 1.65 bits per heavy atom. The van der Waals surface area contributed by atoms with Gasteiger partial charge in [0.1, 0.15) is 0 Å². The van der Waals surface area contributed by atoms with Crippen LogP contribution in [-0.4, -0.2) is 12.6 Å². The molecule has 0 N–H and O–H groups in total. The largest absolute Gasteiger partial charge is 0.462 e. The van der Waals surface area contributed by atoms with Crippen molar-refractivity contribution in [2.75, 3.05) is 6.61 Å². The highest BCUT2D eigenvalue weighted by molar-refractivity contribution is 5.86. The quantitative estimate of drug-likeness (QED) is 0.299. The Morgan fingerprint density at radius 3 is 2.15 bits per heavy atom. The number of ether oxygens (including phenoxy) is 1. The molecule has 0 bridgehead atoms. The van der Waals surface area contributed by atoms with Crippen molar-refractivity contribution in [1.82, 2.24) is 0 Å². The van der Waals surface area contributed by atoms with E-state index in [0.29, 0.717) is 18.1 Å². The summed E-state index contributed by atoms with van der Waals surface area (Å²) >= 11 is 0. The van der Waals surface area contributed by atoms with Gasteiger partial charge in [0.2, 0.25) is 0 Å². The minimum absolute atomic E-state index is 0.179. The van der Waals surface area contributed by atoms with Gasteiger partial charge in [-0.3, -0.25) is 0 Å². The van der Waals surface area contributed by atoms with Gasteiger partial charge in [0.25, 0.3) is 0 Å². The average molecular weight is 282 g/mol. The Morgan fingerprint density at radius 1 is 1.10 bits per heavy atom. The van der Waals surface area contributed by atoms with Crippen molar-refractivity contribution < 1.29 is 9.53 Å². The molecule has 1 atom stereocenters. The minimum Gasteiger partial charge on any atom is -0.462 e. The summed E-state index contributed by atoms with van der Waals surface area (Å²) in [6.07, 6.45) is 8.98. The molecule has 0 spiro atoms. The number of esters is 1. The lowest BCUT2D eigenvalue weighted by Crippen LogP contribution is -2.26. The van der Waals surface area contributed by atoms with E-state index in [1.165, 1.54) is 38.5 Å². The maximum Gasteiger partial charge on any atom is 0.333 e. The summed E-state index contributed by atoms with van der Waals surface area (Å²) in [5.74, 6) is 0.166. The fraction of sp³-hybridized carbons (Fsp3) is 0.833. The first kappa shape index (κ1) is 19.2. The summed E-state index contributed by atoms with van der Waals surface area (Å²) < 4.78 is 5.35. The topological polar surface area (TPSA) is 26.3 Å². The van der Waals surface area contributed by atoms with Gasteiger partial charge in [0, 0.05) is 5.57 Å². The lowest BCUT2D eigenvalue weighted by molar-refractivity contribution is -0.141. The van der Waals surface area contributed by atoms with Crippen LogP contribution in [-0.2, 0) is 9.53 Å². The number of unbranched alkanes of at least 4 members (excludes halogenated alkanes) is 5. The molecule has 0 aromatic heterocycles. The Kier molecular flexibility index (Phi) is 9.62. The van der Waals surface area contributed by atoms with Gasteiger partial charge in [-0.25, -0.2) is 4.79 Å². The summed E-state index contributed by atoms with van der Waals surface area (Å²) in [7, 11) is 0. The maximum atomic E-state index is 11.5. The molecule has 20 heavy (non-hydrogen) atoms. The first-order chi connectivity index (χ1) is 9.29. The monoisotopic (exact) mass is 282 g/mol. The number of carbonyl (C=O) groups excluding carboxylic acids is 1. The molecule has 0 radical (unpaired) electrons.